The van der Waals surface area contributed by atoms with Gasteiger partial charge in [-0.1, -0.05) is 37.8 Å². The fourth-order valence-corrected chi connectivity index (χ4v) is 1.38. The van der Waals surface area contributed by atoms with Gasteiger partial charge in [0.2, 0.25) is 0 Å². The first-order chi connectivity index (χ1) is 7.65. The quantitative estimate of drug-likeness (QED) is 0.481. The average Bonchev–Trinajstić information content (AvgIpc) is 2.29. The number of carbonyl (C=O) groups excluding carboxylic acids is 1. The predicted molar refractivity (Wildman–Crippen MR) is 71.0 cm³/mol. The van der Waals surface area contributed by atoms with E-state index in [4.69, 9.17) is 0 Å². The summed E-state index contributed by atoms with van der Waals surface area (Å²) in [7, 11) is 0. The monoisotopic (exact) mass is 232 g/mol. The highest BCUT2D eigenvalue weighted by atomic mass is 32.1. The maximum Gasteiger partial charge on any atom is 0.165 e. The zero-order valence-electron chi connectivity index (χ0n) is 9.66. The summed E-state index contributed by atoms with van der Waals surface area (Å²) in [5.74, 6) is 7.04. The number of thiol groups is 1. The summed E-state index contributed by atoms with van der Waals surface area (Å²) in [4.78, 5) is 11.7. The van der Waals surface area contributed by atoms with E-state index in [9.17, 15) is 4.79 Å². The van der Waals surface area contributed by atoms with Crippen LogP contribution in [0.15, 0.2) is 24.3 Å². The molecule has 1 rings (SSSR count). The molecule has 0 saturated heterocycles. The second-order valence-corrected chi connectivity index (χ2v) is 4.32. The predicted octanol–water partition coefficient (Wildman–Crippen LogP) is 3.20. The molecule has 0 unspecified atom stereocenters. The number of rotatable bonds is 3. The molecule has 84 valence electrons. The van der Waals surface area contributed by atoms with Gasteiger partial charge in [0.05, 0.1) is 0 Å². The second kappa shape index (κ2) is 6.40. The number of hydrogen-bond acceptors (Lipinski definition) is 2. The molecule has 1 aromatic rings. The summed E-state index contributed by atoms with van der Waals surface area (Å²) >= 11 is 4.09. The number of benzene rings is 1. The van der Waals surface area contributed by atoms with Crippen molar-refractivity contribution >= 4 is 18.4 Å². The molecule has 0 aromatic heterocycles. The Hall–Kier alpha value is -1.20. The van der Waals surface area contributed by atoms with E-state index in [1.165, 1.54) is 0 Å². The van der Waals surface area contributed by atoms with E-state index in [1.807, 2.05) is 38.1 Å². The van der Waals surface area contributed by atoms with Crippen LogP contribution in [-0.2, 0) is 0 Å². The van der Waals surface area contributed by atoms with E-state index in [2.05, 4.69) is 24.5 Å². The first-order valence-electron chi connectivity index (χ1n) is 5.39. The van der Waals surface area contributed by atoms with E-state index in [1.54, 1.807) is 0 Å². The van der Waals surface area contributed by atoms with Crippen LogP contribution in [0.5, 0.6) is 0 Å². The van der Waals surface area contributed by atoms with Crippen molar-refractivity contribution in [2.75, 3.05) is 5.75 Å². The minimum Gasteiger partial charge on any atom is -0.294 e. The number of ketones is 1. The van der Waals surface area contributed by atoms with E-state index >= 15 is 0 Å². The van der Waals surface area contributed by atoms with Gasteiger partial charge >= 0.3 is 0 Å². The van der Waals surface area contributed by atoms with Gasteiger partial charge in [-0.25, -0.2) is 0 Å². The van der Waals surface area contributed by atoms with Crippen LogP contribution in [0.3, 0.4) is 0 Å². The van der Waals surface area contributed by atoms with Crippen molar-refractivity contribution in [2.24, 2.45) is 5.92 Å². The Morgan fingerprint density at radius 1 is 1.31 bits per heavy atom. The van der Waals surface area contributed by atoms with Crippen LogP contribution >= 0.6 is 12.6 Å². The Bertz CT molecular complexity index is 407. The Kier molecular flexibility index (Phi) is 5.14. The van der Waals surface area contributed by atoms with Crippen molar-refractivity contribution in [1.82, 2.24) is 0 Å². The van der Waals surface area contributed by atoms with E-state index in [0.717, 1.165) is 23.3 Å². The smallest absolute Gasteiger partial charge is 0.165 e. The van der Waals surface area contributed by atoms with E-state index < -0.39 is 0 Å². The summed E-state index contributed by atoms with van der Waals surface area (Å²) in [6.45, 7) is 3.81. The lowest BCUT2D eigenvalue weighted by atomic mass is 10.0. The molecule has 1 aromatic carbocycles. The van der Waals surface area contributed by atoms with Gasteiger partial charge in [0, 0.05) is 29.2 Å². The molecule has 0 heterocycles. The molecule has 2 heteroatoms. The molecule has 0 aliphatic heterocycles. The van der Waals surface area contributed by atoms with Crippen molar-refractivity contribution in [2.45, 2.75) is 20.3 Å². The minimum atomic E-state index is 0.0427. The average molecular weight is 232 g/mol. The molecule has 0 amide bonds. The molecule has 0 fully saturated rings. The molecule has 0 aliphatic carbocycles. The Morgan fingerprint density at radius 2 is 1.94 bits per heavy atom. The highest BCUT2D eigenvalue weighted by molar-refractivity contribution is 7.80. The lowest BCUT2D eigenvalue weighted by Crippen LogP contribution is -2.06. The van der Waals surface area contributed by atoms with Crippen molar-refractivity contribution in [1.29, 1.82) is 0 Å². The van der Waals surface area contributed by atoms with Crippen LogP contribution in [0.25, 0.3) is 0 Å². The third-order valence-corrected chi connectivity index (χ3v) is 2.39. The van der Waals surface area contributed by atoms with Gasteiger partial charge in [0.25, 0.3) is 0 Å². The molecular weight excluding hydrogens is 216 g/mol. The van der Waals surface area contributed by atoms with Crippen LogP contribution < -0.4 is 0 Å². The van der Waals surface area contributed by atoms with Gasteiger partial charge in [0.1, 0.15) is 0 Å². The van der Waals surface area contributed by atoms with Gasteiger partial charge in [-0.2, -0.15) is 12.6 Å². The van der Waals surface area contributed by atoms with Crippen LogP contribution in [-0.4, -0.2) is 11.5 Å². The van der Waals surface area contributed by atoms with Crippen LogP contribution in [0.4, 0.5) is 0 Å². The van der Waals surface area contributed by atoms with Gasteiger partial charge in [-0.3, -0.25) is 4.79 Å². The van der Waals surface area contributed by atoms with Crippen molar-refractivity contribution in [3.63, 3.8) is 0 Å². The van der Waals surface area contributed by atoms with E-state index in [0.29, 0.717) is 0 Å². The number of Topliss-reactive ketones (excluding diaryl/α,β-unsaturated/α-hetero) is 1. The highest BCUT2D eigenvalue weighted by Gasteiger charge is 2.09. The number of hydrogen-bond donors (Lipinski definition) is 1. The third kappa shape index (κ3) is 3.75. The topological polar surface area (TPSA) is 17.1 Å². The Balaban J connectivity index is 2.77. The van der Waals surface area contributed by atoms with Crippen LogP contribution in [0.1, 0.15) is 36.2 Å². The van der Waals surface area contributed by atoms with Gasteiger partial charge in [0.15, 0.2) is 5.78 Å². The van der Waals surface area contributed by atoms with Crippen molar-refractivity contribution in [3.05, 3.63) is 35.4 Å². The zero-order valence-corrected chi connectivity index (χ0v) is 10.6. The fraction of sp³-hybridized carbons (Fsp3) is 0.357. The molecule has 16 heavy (non-hydrogen) atoms. The van der Waals surface area contributed by atoms with Gasteiger partial charge in [-0.05, 0) is 12.1 Å². The van der Waals surface area contributed by atoms with Gasteiger partial charge in [-0.15, -0.1) is 0 Å². The first kappa shape index (κ1) is 12.9. The minimum absolute atomic E-state index is 0.0427. The normalized spacial score (nSPS) is 9.75. The zero-order chi connectivity index (χ0) is 12.0. The SMILES string of the molecule is CC(C)C(=O)c1ccc(C#CCCS)cc1. The van der Waals surface area contributed by atoms with Crippen LogP contribution in [0, 0.1) is 17.8 Å². The summed E-state index contributed by atoms with van der Waals surface area (Å²) in [5.41, 5.74) is 1.71. The second-order valence-electron chi connectivity index (χ2n) is 3.87. The summed E-state index contributed by atoms with van der Waals surface area (Å²) in [5, 5.41) is 0. The molecule has 0 spiro atoms. The molecule has 0 N–H and O–H groups in total. The maximum absolute atomic E-state index is 11.7. The largest absolute Gasteiger partial charge is 0.294 e. The van der Waals surface area contributed by atoms with Crippen molar-refractivity contribution < 1.29 is 4.79 Å². The third-order valence-electron chi connectivity index (χ3n) is 2.16. The fourth-order valence-electron chi connectivity index (χ4n) is 1.27. The van der Waals surface area contributed by atoms with Gasteiger partial charge < -0.3 is 0 Å². The molecule has 1 nitrogen and oxygen atoms in total. The van der Waals surface area contributed by atoms with E-state index in [-0.39, 0.29) is 11.7 Å². The summed E-state index contributed by atoms with van der Waals surface area (Å²) in [6.07, 6.45) is 0.787. The maximum atomic E-state index is 11.7. The highest BCUT2D eigenvalue weighted by Crippen LogP contribution is 2.09. The molecule has 0 saturated carbocycles. The summed E-state index contributed by atoms with van der Waals surface area (Å²) < 4.78 is 0. The summed E-state index contributed by atoms with van der Waals surface area (Å²) in [6, 6.07) is 7.46. The molecule has 0 bridgehead atoms. The standard InChI is InChI=1S/C14H16OS/c1-11(2)14(15)13-8-6-12(7-9-13)5-3-4-10-16/h6-9,11,16H,4,10H2,1-2H3. The first-order valence-corrected chi connectivity index (χ1v) is 6.02. The number of carbonyl (C=O) groups is 1. The molecular formula is C14H16OS. The lowest BCUT2D eigenvalue weighted by molar-refractivity contribution is 0.0939. The van der Waals surface area contributed by atoms with Crippen LogP contribution in [0.2, 0.25) is 0 Å². The Labute approximate surface area is 103 Å². The molecule has 0 radical (unpaired) electrons. The molecule has 0 aliphatic rings. The molecule has 0 atom stereocenters. The Morgan fingerprint density at radius 3 is 2.44 bits per heavy atom. The van der Waals surface area contributed by atoms with Crippen molar-refractivity contribution in [3.8, 4) is 11.8 Å². The lowest BCUT2D eigenvalue weighted by Gasteiger charge is -2.03.